The van der Waals surface area contributed by atoms with Gasteiger partial charge in [0.15, 0.2) is 5.71 Å². The van der Waals surface area contributed by atoms with Crippen LogP contribution in [-0.4, -0.2) is 154 Å². The summed E-state index contributed by atoms with van der Waals surface area (Å²) in [5.41, 5.74) is 8.91. The summed E-state index contributed by atoms with van der Waals surface area (Å²) in [4.78, 5) is 6.96. The number of aliphatic hydroxyl groups excluding tert-OH is 1. The van der Waals surface area contributed by atoms with E-state index in [1.807, 2.05) is 32.1 Å². The average Bonchev–Trinajstić information content (AvgIpc) is 1.60. The van der Waals surface area contributed by atoms with Crippen LogP contribution in [0.1, 0.15) is 345 Å². The first kappa shape index (κ1) is 101. The highest BCUT2D eigenvalue weighted by Crippen LogP contribution is 2.49. The van der Waals surface area contributed by atoms with E-state index in [0.717, 1.165) is 94.8 Å². The third-order valence-corrected chi connectivity index (χ3v) is 25.3. The van der Waals surface area contributed by atoms with Gasteiger partial charge in [-0.3, -0.25) is 0 Å². The summed E-state index contributed by atoms with van der Waals surface area (Å²) in [6.07, 6.45) is 48.8. The molecule has 0 fully saturated rings. The van der Waals surface area contributed by atoms with E-state index >= 15 is 0 Å². The van der Waals surface area contributed by atoms with Crippen molar-refractivity contribution in [2.75, 3.05) is 109 Å². The SMILES string of the molecule is CCCC[N+](CCCC)(CCCC)CCCC.CCCC[N+](CCCC)(CCCC)CCCC.CCCC[N+](CCCC)(CCCC)CCCC.CCCC[n+]1cc(S(=O)(=O)[O-])cc2c1N=C(/C=C/C1=C(c3cccc(OCCCCO)c3)C(=C/C=C3/N(CCCS(=O)(=O)[O-])c4ccc(C)cc4C3(C)C)/CCC1)C2(C)C. The molecule has 0 unspecified atom stereocenters. The van der Waals surface area contributed by atoms with Gasteiger partial charge in [-0.25, -0.2) is 21.4 Å². The van der Waals surface area contributed by atoms with Gasteiger partial charge in [-0.1, -0.05) is 229 Å². The number of aliphatic imine (C=N–C) groups is 1. The number of hydrogen-bond donors (Lipinski definition) is 1. The summed E-state index contributed by atoms with van der Waals surface area (Å²) in [5, 5.41) is 9.29. The number of benzene rings is 2. The normalized spacial score (nSPS) is 15.6. The van der Waals surface area contributed by atoms with E-state index in [9.17, 15) is 31.0 Å². The molecule has 2 aromatic carbocycles. The van der Waals surface area contributed by atoms with Crippen LogP contribution in [0.2, 0.25) is 0 Å². The zero-order valence-corrected chi connectivity index (χ0v) is 76.1. The van der Waals surface area contributed by atoms with E-state index in [-0.39, 0.29) is 17.9 Å². The van der Waals surface area contributed by atoms with Crippen molar-refractivity contribution in [3.63, 3.8) is 0 Å². The van der Waals surface area contributed by atoms with Crippen LogP contribution in [-0.2, 0) is 37.6 Å². The van der Waals surface area contributed by atoms with Gasteiger partial charge in [0.1, 0.15) is 22.1 Å². The van der Waals surface area contributed by atoms with Crippen LogP contribution < -0.4 is 14.2 Å². The van der Waals surface area contributed by atoms with Crippen molar-refractivity contribution in [3.8, 4) is 5.75 Å². The molecule has 634 valence electrons. The highest BCUT2D eigenvalue weighted by molar-refractivity contribution is 7.86. The van der Waals surface area contributed by atoms with Gasteiger partial charge in [0.05, 0.1) is 118 Å². The van der Waals surface area contributed by atoms with Crippen LogP contribution in [0.15, 0.2) is 106 Å². The lowest BCUT2D eigenvalue weighted by molar-refractivity contribution is -0.929. The second kappa shape index (κ2) is 53.7. The van der Waals surface area contributed by atoms with Crippen molar-refractivity contribution in [2.24, 2.45) is 4.99 Å². The number of pyridine rings is 1. The van der Waals surface area contributed by atoms with Crippen LogP contribution in [0.5, 0.6) is 5.75 Å². The Hall–Kier alpha value is -4.52. The van der Waals surface area contributed by atoms with Crippen molar-refractivity contribution < 1.29 is 53.8 Å². The number of unbranched alkanes of at least 4 members (excludes halogenated alkanes) is 14. The third kappa shape index (κ3) is 34.3. The summed E-state index contributed by atoms with van der Waals surface area (Å²) in [6, 6.07) is 15.8. The number of allylic oxidation sites excluding steroid dienone is 8. The summed E-state index contributed by atoms with van der Waals surface area (Å²) in [5.74, 6) is 0.944. The summed E-state index contributed by atoms with van der Waals surface area (Å²) >= 11 is 0. The third-order valence-electron chi connectivity index (χ3n) is 23.7. The molecule has 0 spiro atoms. The first-order valence-corrected chi connectivity index (χ1v) is 48.2. The Morgan fingerprint density at radius 2 is 0.973 bits per heavy atom. The van der Waals surface area contributed by atoms with Gasteiger partial charge in [-0.2, -0.15) is 0 Å². The molecule has 1 aliphatic carbocycles. The second-order valence-electron chi connectivity index (χ2n) is 34.0. The molecule has 3 heterocycles. The maximum atomic E-state index is 12.3. The molecule has 1 aromatic heterocycles. The highest BCUT2D eigenvalue weighted by atomic mass is 32.2. The number of rotatable bonds is 53. The Morgan fingerprint density at radius 1 is 0.523 bits per heavy atom. The lowest BCUT2D eigenvalue weighted by Gasteiger charge is -2.39. The molecule has 14 nitrogen and oxygen atoms in total. The molecule has 0 saturated heterocycles. The molecule has 2 aliphatic heterocycles. The topological polar surface area (TPSA) is 163 Å². The number of anilines is 1. The lowest BCUT2D eigenvalue weighted by atomic mass is 9.80. The lowest BCUT2D eigenvalue weighted by Crippen LogP contribution is -2.50. The minimum absolute atomic E-state index is 0.108. The van der Waals surface area contributed by atoms with E-state index in [1.54, 1.807) is 4.57 Å². The number of hydrogen-bond acceptors (Lipinski definition) is 10. The maximum absolute atomic E-state index is 12.3. The fourth-order valence-corrected chi connectivity index (χ4v) is 17.5. The van der Waals surface area contributed by atoms with Crippen LogP contribution in [0.3, 0.4) is 0 Å². The van der Waals surface area contributed by atoms with E-state index in [4.69, 9.17) is 9.73 Å². The Kier molecular flexibility index (Phi) is 48.7. The van der Waals surface area contributed by atoms with E-state index in [0.29, 0.717) is 37.5 Å². The number of ether oxygens (including phenoxy) is 1. The summed E-state index contributed by atoms with van der Waals surface area (Å²) in [7, 11) is -9.06. The molecule has 0 saturated carbocycles. The number of aryl methyl sites for hydroxylation is 2. The molecular formula is C95H166N6O8S2+2. The second-order valence-corrected chi connectivity index (χ2v) is 36.9. The van der Waals surface area contributed by atoms with Gasteiger partial charge in [-0.15, -0.1) is 0 Å². The Balaban J connectivity index is 0.000000504. The van der Waals surface area contributed by atoms with Crippen molar-refractivity contribution in [1.82, 2.24) is 0 Å². The molecule has 111 heavy (non-hydrogen) atoms. The molecule has 0 amide bonds. The number of aliphatic hydroxyl groups is 1. The van der Waals surface area contributed by atoms with Crippen LogP contribution >= 0.6 is 0 Å². The Bertz CT molecular complexity index is 3300. The zero-order chi connectivity index (χ0) is 82.4. The molecule has 3 aromatic rings. The number of fused-ring (bicyclic) bond motifs is 2. The van der Waals surface area contributed by atoms with Crippen molar-refractivity contribution in [3.05, 3.63) is 118 Å². The first-order valence-electron chi connectivity index (χ1n) is 45.3. The van der Waals surface area contributed by atoms with Gasteiger partial charge in [-0.05, 0) is 212 Å². The van der Waals surface area contributed by atoms with E-state index in [2.05, 4.69) is 164 Å². The first-order chi connectivity index (χ1) is 53.1. The van der Waals surface area contributed by atoms with Gasteiger partial charge >= 0.3 is 5.82 Å². The van der Waals surface area contributed by atoms with Gasteiger partial charge in [0.2, 0.25) is 0 Å². The molecule has 0 radical (unpaired) electrons. The molecule has 0 bridgehead atoms. The predicted octanol–water partition coefficient (Wildman–Crippen LogP) is 23.2. The molecule has 6 rings (SSSR count). The Morgan fingerprint density at radius 3 is 1.39 bits per heavy atom. The number of quaternary nitrogens is 3. The van der Waals surface area contributed by atoms with Crippen molar-refractivity contribution >= 4 is 43.0 Å². The quantitative estimate of drug-likeness (QED) is 0.0251. The predicted molar refractivity (Wildman–Crippen MR) is 473 cm³/mol. The minimum atomic E-state index is -4.70. The Labute approximate surface area is 682 Å². The number of nitrogens with zero attached hydrogens (tertiary/aromatic N) is 6. The molecular weight excluding hydrogens is 1420 g/mol. The summed E-state index contributed by atoms with van der Waals surface area (Å²) < 4.78 is 83.8. The molecule has 1 N–H and O–H groups in total. The van der Waals surface area contributed by atoms with Crippen molar-refractivity contribution in [2.45, 2.75) is 352 Å². The maximum Gasteiger partial charge on any atom is 0.327 e. The average molecular weight is 1580 g/mol. The smallest absolute Gasteiger partial charge is 0.327 e. The van der Waals surface area contributed by atoms with E-state index < -0.39 is 36.8 Å². The van der Waals surface area contributed by atoms with Gasteiger partial charge in [0, 0.05) is 35.7 Å². The number of aromatic nitrogens is 1. The fraction of sp³-hybridized carbons (Fsp3) is 0.726. The van der Waals surface area contributed by atoms with Crippen LogP contribution in [0, 0.1) is 6.92 Å². The van der Waals surface area contributed by atoms with E-state index in [1.165, 1.54) is 258 Å². The largest absolute Gasteiger partial charge is 0.748 e. The standard InChI is InChI=1S/C47H59N3O8S2.3C16H36N/c1-7-8-24-49-32-38(60(55,56)57)31-40-45(49)48-42(46(40,3)4)22-19-34-14-11-15-35(44(34)36-16-12-17-37(30-36)58-27-10-9-26-51)20-23-43-47(5,6)39-29-33(2)18-21-41(39)50(43)25-13-28-59(52,53)54;3*1-5-9-13-17(14-10-6-2,15-11-7-3)16-12-8-4/h12,16-23,29-32,51H,7-11,13-15,24-28H2,1-6H3,(H-,52,53,54,55,56,57);3*5-16H2,1-4H3/q;3*+1/p-1. The van der Waals surface area contributed by atoms with Gasteiger partial charge < -0.3 is 37.3 Å². The molecule has 0 atom stereocenters. The van der Waals surface area contributed by atoms with Crippen LogP contribution in [0.4, 0.5) is 11.5 Å². The summed E-state index contributed by atoms with van der Waals surface area (Å²) in [6.45, 7) is 59.0. The van der Waals surface area contributed by atoms with Gasteiger partial charge in [0.25, 0.3) is 0 Å². The minimum Gasteiger partial charge on any atom is -0.748 e. The van der Waals surface area contributed by atoms with Crippen LogP contribution in [0.25, 0.3) is 5.57 Å². The molecule has 16 heteroatoms. The zero-order valence-electron chi connectivity index (χ0n) is 74.5. The monoisotopic (exact) mass is 1580 g/mol. The van der Waals surface area contributed by atoms with Crippen molar-refractivity contribution in [1.29, 1.82) is 0 Å². The molecule has 3 aliphatic rings. The highest BCUT2D eigenvalue weighted by Gasteiger charge is 2.44. The fourth-order valence-electron chi connectivity index (χ4n) is 16.5.